The molecule has 1 aromatic carbocycles. The number of nitrogens with zero attached hydrogens (tertiary/aromatic N) is 2. The monoisotopic (exact) mass is 273 g/mol. The normalized spacial score (nSPS) is 11.9. The quantitative estimate of drug-likeness (QED) is 0.777. The van der Waals surface area contributed by atoms with Crippen LogP contribution in [-0.2, 0) is 7.05 Å². The van der Waals surface area contributed by atoms with E-state index in [2.05, 4.69) is 9.82 Å². The molecule has 0 fully saturated rings. The fourth-order valence-electron chi connectivity index (χ4n) is 1.74. The molecule has 0 aliphatic carbocycles. The maximum absolute atomic E-state index is 9.41. The minimum atomic E-state index is -2.80. The summed E-state index contributed by atoms with van der Waals surface area (Å²) < 4.78 is 23.2. The lowest BCUT2D eigenvalue weighted by atomic mass is 10.1. The summed E-state index contributed by atoms with van der Waals surface area (Å²) in [5.74, 6) is 0.512. The average Bonchev–Trinajstić information content (AvgIpc) is 2.58. The van der Waals surface area contributed by atoms with E-state index in [-0.39, 0.29) is 1.43 Å². The summed E-state index contributed by atoms with van der Waals surface area (Å²) in [5.41, 5.74) is 2.02. The van der Waals surface area contributed by atoms with Gasteiger partial charge in [-0.15, -0.1) is 10.8 Å². The molecule has 0 amide bonds. The van der Waals surface area contributed by atoms with Gasteiger partial charge in [0.05, 0.1) is 5.52 Å². The number of fused-ring (bicyclic) bond motifs is 1. The smallest absolute Gasteiger partial charge is 0.174 e. The molecule has 0 atom stereocenters. The van der Waals surface area contributed by atoms with Crippen LogP contribution in [0.1, 0.15) is 20.8 Å². The Morgan fingerprint density at radius 1 is 1.33 bits per heavy atom. The molecular weight excluding hydrogens is 250 g/mol. The fourth-order valence-corrected chi connectivity index (χ4v) is 2.25. The molecule has 0 spiro atoms. The summed E-state index contributed by atoms with van der Waals surface area (Å²) in [7, 11) is -0.970. The maximum atomic E-state index is 9.41. The Hall–Kier alpha value is -1.24. The Morgan fingerprint density at radius 3 is 2.50 bits per heavy atom. The predicted octanol–water partition coefficient (Wildman–Crippen LogP) is 3.86. The Bertz CT molecular complexity index is 537. The first kappa shape index (κ1) is 14.8. The second-order valence-electron chi connectivity index (χ2n) is 3.88. The van der Waals surface area contributed by atoms with E-state index >= 15 is 0 Å². The van der Waals surface area contributed by atoms with Crippen molar-refractivity contribution in [3.8, 4) is 0 Å². The van der Waals surface area contributed by atoms with Crippen molar-refractivity contribution < 1.29 is 10.5 Å². The molecule has 2 rings (SSSR count). The molecule has 0 aliphatic rings. The van der Waals surface area contributed by atoms with Gasteiger partial charge in [0.15, 0.2) is 5.82 Å². The standard InChI is InChI=1S/C10H15N3O2S.C2H6.H2/c1-7-5-4-6-8-9(7)10(11-13(8)2)12-16(3,14)15;1-2;/h4-6,14-15H,1-3H3,(H,11,12);1-2H3;1H. The number of hydrogen-bond acceptors (Lipinski definition) is 4. The van der Waals surface area contributed by atoms with Crippen molar-refractivity contribution in [2.24, 2.45) is 7.05 Å². The van der Waals surface area contributed by atoms with Crippen molar-refractivity contribution in [2.75, 3.05) is 11.0 Å². The van der Waals surface area contributed by atoms with Crippen molar-refractivity contribution >= 4 is 27.5 Å². The van der Waals surface area contributed by atoms with Gasteiger partial charge in [-0.3, -0.25) is 18.5 Å². The molecule has 0 saturated heterocycles. The predicted molar refractivity (Wildman–Crippen MR) is 81.3 cm³/mol. The number of aromatic nitrogens is 2. The van der Waals surface area contributed by atoms with E-state index in [1.54, 1.807) is 4.68 Å². The van der Waals surface area contributed by atoms with Crippen LogP contribution < -0.4 is 4.72 Å². The second kappa shape index (κ2) is 5.60. The van der Waals surface area contributed by atoms with E-state index in [1.807, 2.05) is 46.0 Å². The zero-order valence-corrected chi connectivity index (χ0v) is 12.2. The molecule has 1 heterocycles. The van der Waals surface area contributed by atoms with Gasteiger partial charge in [0.2, 0.25) is 0 Å². The Labute approximate surface area is 111 Å². The highest BCUT2D eigenvalue weighted by Crippen LogP contribution is 2.37. The number of anilines is 1. The first-order chi connectivity index (χ1) is 8.38. The van der Waals surface area contributed by atoms with Crippen LogP contribution in [0.25, 0.3) is 10.9 Å². The highest BCUT2D eigenvalue weighted by molar-refractivity contribution is 8.24. The maximum Gasteiger partial charge on any atom is 0.174 e. The minimum Gasteiger partial charge on any atom is -0.282 e. The highest BCUT2D eigenvalue weighted by Gasteiger charge is 2.14. The van der Waals surface area contributed by atoms with Crippen LogP contribution in [-0.4, -0.2) is 25.1 Å². The van der Waals surface area contributed by atoms with Gasteiger partial charge in [0, 0.05) is 20.1 Å². The van der Waals surface area contributed by atoms with Crippen LogP contribution in [0.2, 0.25) is 0 Å². The molecule has 104 valence electrons. The molecule has 0 bridgehead atoms. The largest absolute Gasteiger partial charge is 0.282 e. The van der Waals surface area contributed by atoms with Gasteiger partial charge >= 0.3 is 0 Å². The molecule has 0 radical (unpaired) electrons. The Kier molecular flexibility index (Phi) is 4.61. The highest BCUT2D eigenvalue weighted by atomic mass is 32.3. The zero-order chi connectivity index (χ0) is 13.9. The van der Waals surface area contributed by atoms with Gasteiger partial charge in [-0.25, -0.2) is 0 Å². The van der Waals surface area contributed by atoms with Crippen LogP contribution in [0.15, 0.2) is 18.2 Å². The number of nitrogens with one attached hydrogen (secondary N) is 1. The third-order valence-electron chi connectivity index (χ3n) is 2.38. The molecule has 6 heteroatoms. The van der Waals surface area contributed by atoms with Crippen molar-refractivity contribution in [3.63, 3.8) is 0 Å². The lowest BCUT2D eigenvalue weighted by Crippen LogP contribution is -2.07. The van der Waals surface area contributed by atoms with E-state index < -0.39 is 10.8 Å². The lowest BCUT2D eigenvalue weighted by molar-refractivity contribution is 0.502. The topological polar surface area (TPSA) is 70.3 Å². The molecule has 18 heavy (non-hydrogen) atoms. The second-order valence-corrected chi connectivity index (χ2v) is 5.75. The summed E-state index contributed by atoms with van der Waals surface area (Å²) in [6, 6.07) is 5.87. The van der Waals surface area contributed by atoms with Crippen molar-refractivity contribution in [1.29, 1.82) is 0 Å². The van der Waals surface area contributed by atoms with E-state index in [4.69, 9.17) is 0 Å². The summed E-state index contributed by atoms with van der Waals surface area (Å²) >= 11 is 0. The van der Waals surface area contributed by atoms with Gasteiger partial charge in [0.1, 0.15) is 0 Å². The summed E-state index contributed by atoms with van der Waals surface area (Å²) in [6.07, 6.45) is 1.34. The molecule has 1 aromatic heterocycles. The molecule has 0 saturated carbocycles. The Balaban J connectivity index is 0.00000103. The van der Waals surface area contributed by atoms with Crippen molar-refractivity contribution in [3.05, 3.63) is 23.8 Å². The molecule has 3 N–H and O–H groups in total. The number of hydrogen-bond donors (Lipinski definition) is 3. The molecule has 5 nitrogen and oxygen atoms in total. The first-order valence-electron chi connectivity index (χ1n) is 5.82. The van der Waals surface area contributed by atoms with Crippen LogP contribution in [0.3, 0.4) is 0 Å². The van der Waals surface area contributed by atoms with Gasteiger partial charge in [-0.05, 0) is 18.6 Å². The summed E-state index contributed by atoms with van der Waals surface area (Å²) in [4.78, 5) is 0. The summed E-state index contributed by atoms with van der Waals surface area (Å²) in [6.45, 7) is 5.97. The van der Waals surface area contributed by atoms with E-state index in [0.717, 1.165) is 16.5 Å². The van der Waals surface area contributed by atoms with Crippen molar-refractivity contribution in [2.45, 2.75) is 20.8 Å². The average molecular weight is 273 g/mol. The van der Waals surface area contributed by atoms with Crippen LogP contribution in [0.5, 0.6) is 0 Å². The van der Waals surface area contributed by atoms with Gasteiger partial charge < -0.3 is 0 Å². The van der Waals surface area contributed by atoms with Gasteiger partial charge in [-0.2, -0.15) is 5.10 Å². The first-order valence-corrected chi connectivity index (χ1v) is 7.77. The van der Waals surface area contributed by atoms with Gasteiger partial charge in [0.25, 0.3) is 0 Å². The van der Waals surface area contributed by atoms with E-state index in [1.165, 1.54) is 6.26 Å². The van der Waals surface area contributed by atoms with E-state index in [0.29, 0.717) is 5.82 Å². The third kappa shape index (κ3) is 3.16. The molecule has 2 aromatic rings. The third-order valence-corrected chi connectivity index (χ3v) is 2.96. The number of rotatable bonds is 2. The fraction of sp³-hybridized carbons (Fsp3) is 0.417. The van der Waals surface area contributed by atoms with Crippen LogP contribution >= 0.6 is 10.8 Å². The summed E-state index contributed by atoms with van der Waals surface area (Å²) in [5, 5.41) is 5.17. The van der Waals surface area contributed by atoms with E-state index in [9.17, 15) is 9.11 Å². The number of benzene rings is 1. The molecule has 0 aliphatic heterocycles. The van der Waals surface area contributed by atoms with Gasteiger partial charge in [-0.1, -0.05) is 26.0 Å². The van der Waals surface area contributed by atoms with Crippen LogP contribution in [0.4, 0.5) is 5.82 Å². The zero-order valence-electron chi connectivity index (χ0n) is 11.4. The number of aryl methyl sites for hydroxylation is 2. The molecule has 0 unspecified atom stereocenters. The minimum absolute atomic E-state index is 0. The lowest BCUT2D eigenvalue weighted by Gasteiger charge is -2.27. The van der Waals surface area contributed by atoms with Crippen LogP contribution in [0, 0.1) is 6.92 Å². The SMILES string of the molecule is CC.Cc1cccc2c1c(NS(C)(O)O)nn2C.[HH]. The molecular formula is C12H23N3O2S. The van der Waals surface area contributed by atoms with Crippen molar-refractivity contribution in [1.82, 2.24) is 9.78 Å². The Morgan fingerprint density at radius 2 is 1.94 bits per heavy atom.